The number of amides is 1. The molecule has 1 unspecified atom stereocenters. The van der Waals surface area contributed by atoms with Crippen LogP contribution in [0.2, 0.25) is 0 Å². The van der Waals surface area contributed by atoms with Crippen molar-refractivity contribution in [1.82, 2.24) is 19.5 Å². The Hall–Kier alpha value is -2.95. The number of nitrogens with zero attached hydrogens (tertiary/aromatic N) is 4. The molecule has 0 spiro atoms. The second-order valence-corrected chi connectivity index (χ2v) is 8.86. The maximum atomic E-state index is 13.1. The Morgan fingerprint density at radius 3 is 2.73 bits per heavy atom. The Balaban J connectivity index is 1.30. The van der Waals surface area contributed by atoms with Crippen LogP contribution in [0.25, 0.3) is 5.65 Å². The lowest BCUT2D eigenvalue weighted by atomic mass is 10.0. The summed E-state index contributed by atoms with van der Waals surface area (Å²) >= 11 is 1.08. The fourth-order valence-corrected chi connectivity index (χ4v) is 4.95. The monoisotopic (exact) mass is 478 g/mol. The molecule has 2 aliphatic rings. The second kappa shape index (κ2) is 8.77. The van der Waals surface area contributed by atoms with E-state index in [1.54, 1.807) is 0 Å². The topological polar surface area (TPSA) is 69.0 Å². The highest BCUT2D eigenvalue weighted by Crippen LogP contribution is 2.38. The van der Waals surface area contributed by atoms with Gasteiger partial charge in [-0.3, -0.25) is 9.20 Å². The number of hydrogen-bond acceptors (Lipinski definition) is 6. The van der Waals surface area contributed by atoms with Crippen LogP contribution in [-0.4, -0.2) is 50.9 Å². The number of pyridine rings is 1. The third-order valence-electron chi connectivity index (χ3n) is 5.75. The molecule has 5 rings (SSSR count). The fourth-order valence-electron chi connectivity index (χ4n) is 4.14. The molecule has 0 bridgehead atoms. The Kier molecular flexibility index (Phi) is 5.81. The third-order valence-corrected chi connectivity index (χ3v) is 6.68. The zero-order valence-corrected chi connectivity index (χ0v) is 18.4. The lowest BCUT2D eigenvalue weighted by Gasteiger charge is -2.25. The lowest BCUT2D eigenvalue weighted by molar-refractivity contribution is -0.138. The molecule has 2 aliphatic heterocycles. The van der Waals surface area contributed by atoms with E-state index in [2.05, 4.69) is 10.2 Å². The van der Waals surface area contributed by atoms with Crippen molar-refractivity contribution >= 4 is 23.3 Å². The number of halogens is 3. The Morgan fingerprint density at radius 2 is 1.91 bits per heavy atom. The first-order valence-electron chi connectivity index (χ1n) is 10.6. The molecule has 1 aromatic carbocycles. The summed E-state index contributed by atoms with van der Waals surface area (Å²) < 4.78 is 51.9. The number of thioether (sulfide) groups is 1. The summed E-state index contributed by atoms with van der Waals surface area (Å²) in [5, 5.41) is 8.11. The van der Waals surface area contributed by atoms with Crippen LogP contribution < -0.4 is 9.47 Å². The minimum Gasteiger partial charge on any atom is -0.490 e. The predicted molar refractivity (Wildman–Crippen MR) is 114 cm³/mol. The van der Waals surface area contributed by atoms with E-state index in [0.717, 1.165) is 48.9 Å². The standard InChI is InChI=1S/C22H21F3N4O3S/c23-22(24,25)15-5-7-19-26-27-21(29(19)12-15)33-13-20(30)28-8-1-3-16(28)14-4-6-17-18(11-14)32-10-2-9-31-17/h4-7,11-12,16H,1-3,8-10,13H2. The van der Waals surface area contributed by atoms with Crippen LogP contribution in [0.4, 0.5) is 13.2 Å². The molecular formula is C22H21F3N4O3S. The number of likely N-dealkylation sites (tertiary alicyclic amines) is 1. The van der Waals surface area contributed by atoms with Crippen molar-refractivity contribution in [2.75, 3.05) is 25.5 Å². The first-order valence-corrected chi connectivity index (χ1v) is 11.6. The molecule has 1 atom stereocenters. The quantitative estimate of drug-likeness (QED) is 0.519. The second-order valence-electron chi connectivity index (χ2n) is 7.92. The van der Waals surface area contributed by atoms with Crippen molar-refractivity contribution in [3.63, 3.8) is 0 Å². The van der Waals surface area contributed by atoms with Gasteiger partial charge in [-0.05, 0) is 42.7 Å². The van der Waals surface area contributed by atoms with E-state index in [1.807, 2.05) is 23.1 Å². The van der Waals surface area contributed by atoms with Crippen molar-refractivity contribution in [3.8, 4) is 11.5 Å². The van der Waals surface area contributed by atoms with Gasteiger partial charge in [-0.25, -0.2) is 0 Å². The summed E-state index contributed by atoms with van der Waals surface area (Å²) in [5.41, 5.74) is 0.485. The number of benzene rings is 1. The van der Waals surface area contributed by atoms with E-state index >= 15 is 0 Å². The van der Waals surface area contributed by atoms with Gasteiger partial charge in [0.1, 0.15) is 0 Å². The molecule has 0 N–H and O–H groups in total. The maximum Gasteiger partial charge on any atom is 0.417 e. The predicted octanol–water partition coefficient (Wildman–Crippen LogP) is 4.37. The lowest BCUT2D eigenvalue weighted by Crippen LogP contribution is -2.32. The molecule has 3 aromatic rings. The van der Waals surface area contributed by atoms with Gasteiger partial charge in [0.2, 0.25) is 5.91 Å². The molecule has 7 nitrogen and oxygen atoms in total. The fraction of sp³-hybridized carbons (Fsp3) is 0.409. The zero-order valence-electron chi connectivity index (χ0n) is 17.5. The normalized spacial score (nSPS) is 18.5. The number of hydrogen-bond donors (Lipinski definition) is 0. The van der Waals surface area contributed by atoms with Crippen molar-refractivity contribution in [3.05, 3.63) is 47.7 Å². The first-order chi connectivity index (χ1) is 15.9. The highest BCUT2D eigenvalue weighted by Gasteiger charge is 2.32. The largest absolute Gasteiger partial charge is 0.490 e. The van der Waals surface area contributed by atoms with E-state index < -0.39 is 11.7 Å². The van der Waals surface area contributed by atoms with Gasteiger partial charge in [0.05, 0.1) is 30.6 Å². The van der Waals surface area contributed by atoms with Crippen LogP contribution in [0.5, 0.6) is 11.5 Å². The van der Waals surface area contributed by atoms with Crippen LogP contribution >= 0.6 is 11.8 Å². The molecule has 33 heavy (non-hydrogen) atoms. The first kappa shape index (κ1) is 21.9. The molecule has 0 aliphatic carbocycles. The molecule has 0 saturated carbocycles. The van der Waals surface area contributed by atoms with Crippen molar-refractivity contribution in [2.24, 2.45) is 0 Å². The van der Waals surface area contributed by atoms with Crippen molar-refractivity contribution < 1.29 is 27.4 Å². The van der Waals surface area contributed by atoms with Crippen LogP contribution in [0.1, 0.15) is 36.4 Å². The summed E-state index contributed by atoms with van der Waals surface area (Å²) in [6.45, 7) is 1.82. The zero-order chi connectivity index (χ0) is 23.0. The smallest absolute Gasteiger partial charge is 0.417 e. The van der Waals surface area contributed by atoms with Gasteiger partial charge in [-0.1, -0.05) is 17.8 Å². The summed E-state index contributed by atoms with van der Waals surface area (Å²) in [7, 11) is 0. The van der Waals surface area contributed by atoms with Gasteiger partial charge in [0.15, 0.2) is 22.3 Å². The molecule has 1 amide bonds. The summed E-state index contributed by atoms with van der Waals surface area (Å²) in [6, 6.07) is 7.93. The number of rotatable bonds is 4. The van der Waals surface area contributed by atoms with Gasteiger partial charge in [0.25, 0.3) is 0 Å². The number of carbonyl (C=O) groups is 1. The van der Waals surface area contributed by atoms with Crippen molar-refractivity contribution in [1.29, 1.82) is 0 Å². The number of alkyl halides is 3. The molecule has 1 saturated heterocycles. The summed E-state index contributed by atoms with van der Waals surface area (Å²) in [5.74, 6) is 1.35. The summed E-state index contributed by atoms with van der Waals surface area (Å²) in [6.07, 6.45) is -0.992. The molecule has 11 heteroatoms. The van der Waals surface area contributed by atoms with Gasteiger partial charge < -0.3 is 14.4 Å². The average molecular weight is 478 g/mol. The van der Waals surface area contributed by atoms with E-state index in [-0.39, 0.29) is 22.9 Å². The number of carbonyl (C=O) groups excluding carboxylic acids is 1. The van der Waals surface area contributed by atoms with Crippen LogP contribution in [-0.2, 0) is 11.0 Å². The Morgan fingerprint density at radius 1 is 1.09 bits per heavy atom. The van der Waals surface area contributed by atoms with Crippen LogP contribution in [0, 0.1) is 0 Å². The highest BCUT2D eigenvalue weighted by atomic mass is 32.2. The van der Waals surface area contributed by atoms with Crippen LogP contribution in [0.15, 0.2) is 41.7 Å². The van der Waals surface area contributed by atoms with E-state index in [4.69, 9.17) is 9.47 Å². The molecule has 1 fully saturated rings. The molecule has 4 heterocycles. The summed E-state index contributed by atoms with van der Waals surface area (Å²) in [4.78, 5) is 14.9. The maximum absolute atomic E-state index is 13.1. The molecule has 0 radical (unpaired) electrons. The van der Waals surface area contributed by atoms with Gasteiger partial charge in [-0.2, -0.15) is 13.2 Å². The third kappa shape index (κ3) is 4.46. The van der Waals surface area contributed by atoms with E-state index in [9.17, 15) is 18.0 Å². The Bertz CT molecular complexity index is 1180. The van der Waals surface area contributed by atoms with Crippen LogP contribution in [0.3, 0.4) is 0 Å². The van der Waals surface area contributed by atoms with E-state index in [1.165, 1.54) is 10.5 Å². The number of ether oxygens (including phenoxy) is 2. The SMILES string of the molecule is O=C(CSc1nnc2ccc(C(F)(F)F)cn12)N1CCCC1c1ccc2c(c1)OCCCO2. The highest BCUT2D eigenvalue weighted by molar-refractivity contribution is 7.99. The molecule has 2 aromatic heterocycles. The van der Waals surface area contributed by atoms with Gasteiger partial charge in [-0.15, -0.1) is 10.2 Å². The van der Waals surface area contributed by atoms with Gasteiger partial charge >= 0.3 is 6.18 Å². The van der Waals surface area contributed by atoms with E-state index in [0.29, 0.717) is 36.9 Å². The molecule has 174 valence electrons. The average Bonchev–Trinajstić information content (AvgIpc) is 3.38. The van der Waals surface area contributed by atoms with Gasteiger partial charge in [0, 0.05) is 19.2 Å². The molecular weight excluding hydrogens is 457 g/mol. The minimum absolute atomic E-state index is 0.0537. The van der Waals surface area contributed by atoms with Crippen molar-refractivity contribution in [2.45, 2.75) is 36.6 Å². The number of aromatic nitrogens is 3. The Labute approximate surface area is 191 Å². The minimum atomic E-state index is -4.47. The number of fused-ring (bicyclic) bond motifs is 2.